The molecule has 1 aromatic heterocycles. The Balaban J connectivity index is 2.38. The number of aromatic nitrogens is 1. The van der Waals surface area contributed by atoms with Crippen LogP contribution in [0.3, 0.4) is 0 Å². The third-order valence-electron chi connectivity index (χ3n) is 2.93. The third kappa shape index (κ3) is 2.01. The fraction of sp³-hybridized carbons (Fsp3) is 0.357. The average Bonchev–Trinajstić information content (AvgIpc) is 2.71. The Morgan fingerprint density at radius 2 is 1.94 bits per heavy atom. The van der Waals surface area contributed by atoms with Gasteiger partial charge in [0.05, 0.1) is 5.69 Å². The summed E-state index contributed by atoms with van der Waals surface area (Å²) in [6.45, 7) is 6.33. The van der Waals surface area contributed by atoms with Crippen molar-refractivity contribution in [3.05, 3.63) is 41.8 Å². The van der Waals surface area contributed by atoms with Crippen molar-refractivity contribution in [1.29, 1.82) is 0 Å². The fourth-order valence-electron chi connectivity index (χ4n) is 1.76. The summed E-state index contributed by atoms with van der Waals surface area (Å²) in [4.78, 5) is 4.58. The Morgan fingerprint density at radius 3 is 2.56 bits per heavy atom. The smallest absolute Gasteiger partial charge is 0.226 e. The number of nitrogens with zero attached hydrogens (tertiary/aromatic N) is 1. The highest BCUT2D eigenvalue weighted by Crippen LogP contribution is 2.27. The van der Waals surface area contributed by atoms with E-state index < -0.39 is 0 Å². The van der Waals surface area contributed by atoms with Crippen LogP contribution in [0.1, 0.15) is 37.6 Å². The van der Waals surface area contributed by atoms with Crippen LogP contribution >= 0.6 is 0 Å². The molecule has 0 aliphatic rings. The van der Waals surface area contributed by atoms with Crippen molar-refractivity contribution in [3.8, 4) is 11.5 Å². The van der Waals surface area contributed by atoms with Crippen LogP contribution in [-0.4, -0.2) is 4.98 Å². The zero-order valence-electron chi connectivity index (χ0n) is 10.0. The van der Waals surface area contributed by atoms with Crippen molar-refractivity contribution in [2.45, 2.75) is 33.1 Å². The topological polar surface area (TPSA) is 26.0 Å². The molecule has 1 heterocycles. The summed E-state index contributed by atoms with van der Waals surface area (Å²) >= 11 is 0. The maximum absolute atomic E-state index is 5.71. The average molecular weight is 215 g/mol. The zero-order chi connectivity index (χ0) is 11.5. The number of aryl methyl sites for hydroxylation is 1. The Labute approximate surface area is 96.3 Å². The predicted octanol–water partition coefficient (Wildman–Crippen LogP) is 4.16. The van der Waals surface area contributed by atoms with Crippen LogP contribution in [0.25, 0.3) is 11.5 Å². The SMILES string of the molecule is CCC(C)c1nc(-c2ccccc2)oc1C. The van der Waals surface area contributed by atoms with E-state index in [-0.39, 0.29) is 0 Å². The molecule has 0 amide bonds. The van der Waals surface area contributed by atoms with Gasteiger partial charge in [-0.2, -0.15) is 0 Å². The molecule has 0 aliphatic carbocycles. The molecule has 2 nitrogen and oxygen atoms in total. The molecule has 2 aromatic rings. The Morgan fingerprint density at radius 1 is 1.25 bits per heavy atom. The van der Waals surface area contributed by atoms with E-state index in [0.29, 0.717) is 5.92 Å². The van der Waals surface area contributed by atoms with Gasteiger partial charge in [-0.05, 0) is 25.5 Å². The maximum atomic E-state index is 5.71. The molecule has 2 rings (SSSR count). The molecule has 1 unspecified atom stereocenters. The molecule has 1 aromatic carbocycles. The molecule has 84 valence electrons. The molecular weight excluding hydrogens is 198 g/mol. The summed E-state index contributed by atoms with van der Waals surface area (Å²) in [6, 6.07) is 10.0. The summed E-state index contributed by atoms with van der Waals surface area (Å²) in [6.07, 6.45) is 1.08. The van der Waals surface area contributed by atoms with E-state index >= 15 is 0 Å². The van der Waals surface area contributed by atoms with Crippen LogP contribution in [0.5, 0.6) is 0 Å². The first kappa shape index (κ1) is 10.9. The van der Waals surface area contributed by atoms with Crippen molar-refractivity contribution in [2.24, 2.45) is 0 Å². The number of hydrogen-bond acceptors (Lipinski definition) is 2. The third-order valence-corrected chi connectivity index (χ3v) is 2.93. The first-order valence-electron chi connectivity index (χ1n) is 5.75. The summed E-state index contributed by atoms with van der Waals surface area (Å²) in [5.74, 6) is 2.13. The Hall–Kier alpha value is -1.57. The van der Waals surface area contributed by atoms with Crippen LogP contribution in [-0.2, 0) is 0 Å². The van der Waals surface area contributed by atoms with E-state index in [9.17, 15) is 0 Å². The lowest BCUT2D eigenvalue weighted by Crippen LogP contribution is -1.93. The van der Waals surface area contributed by atoms with Crippen molar-refractivity contribution in [2.75, 3.05) is 0 Å². The van der Waals surface area contributed by atoms with Gasteiger partial charge in [0, 0.05) is 11.5 Å². The highest BCUT2D eigenvalue weighted by molar-refractivity contribution is 5.53. The van der Waals surface area contributed by atoms with Gasteiger partial charge in [0.25, 0.3) is 0 Å². The van der Waals surface area contributed by atoms with Gasteiger partial charge >= 0.3 is 0 Å². The first-order valence-corrected chi connectivity index (χ1v) is 5.75. The summed E-state index contributed by atoms with van der Waals surface area (Å²) in [5.41, 5.74) is 2.13. The molecule has 1 atom stereocenters. The van der Waals surface area contributed by atoms with Gasteiger partial charge in [0.1, 0.15) is 5.76 Å². The Kier molecular flexibility index (Phi) is 3.09. The van der Waals surface area contributed by atoms with Crippen molar-refractivity contribution in [1.82, 2.24) is 4.98 Å². The minimum Gasteiger partial charge on any atom is -0.441 e. The quantitative estimate of drug-likeness (QED) is 0.768. The minimum absolute atomic E-state index is 0.459. The normalized spacial score (nSPS) is 12.7. The van der Waals surface area contributed by atoms with Gasteiger partial charge in [-0.1, -0.05) is 32.0 Å². The van der Waals surface area contributed by atoms with Gasteiger partial charge in [-0.3, -0.25) is 0 Å². The molecule has 0 saturated carbocycles. The first-order chi connectivity index (χ1) is 7.72. The molecule has 0 bridgehead atoms. The fourth-order valence-corrected chi connectivity index (χ4v) is 1.76. The second-order valence-corrected chi connectivity index (χ2v) is 4.14. The molecule has 0 N–H and O–H groups in total. The van der Waals surface area contributed by atoms with Crippen LogP contribution in [0.2, 0.25) is 0 Å². The van der Waals surface area contributed by atoms with E-state index in [1.54, 1.807) is 0 Å². The van der Waals surface area contributed by atoms with Gasteiger partial charge in [0.2, 0.25) is 5.89 Å². The summed E-state index contributed by atoms with van der Waals surface area (Å²) in [5, 5.41) is 0. The van der Waals surface area contributed by atoms with Crippen LogP contribution in [0.4, 0.5) is 0 Å². The summed E-state index contributed by atoms with van der Waals surface area (Å²) in [7, 11) is 0. The molecule has 0 spiro atoms. The number of benzene rings is 1. The van der Waals surface area contributed by atoms with Crippen molar-refractivity contribution >= 4 is 0 Å². The van der Waals surface area contributed by atoms with Gasteiger partial charge in [-0.25, -0.2) is 4.98 Å². The second kappa shape index (κ2) is 4.52. The molecule has 2 heteroatoms. The lowest BCUT2D eigenvalue weighted by atomic mass is 10.0. The highest BCUT2D eigenvalue weighted by Gasteiger charge is 2.15. The van der Waals surface area contributed by atoms with Crippen molar-refractivity contribution < 1.29 is 4.42 Å². The van der Waals surface area contributed by atoms with Crippen LogP contribution in [0, 0.1) is 6.92 Å². The monoisotopic (exact) mass is 215 g/mol. The molecule has 0 radical (unpaired) electrons. The molecule has 0 fully saturated rings. The van der Waals surface area contributed by atoms with E-state index in [4.69, 9.17) is 4.42 Å². The second-order valence-electron chi connectivity index (χ2n) is 4.14. The van der Waals surface area contributed by atoms with Gasteiger partial charge in [0.15, 0.2) is 0 Å². The lowest BCUT2D eigenvalue weighted by molar-refractivity contribution is 0.535. The predicted molar refractivity (Wildman–Crippen MR) is 65.4 cm³/mol. The number of hydrogen-bond donors (Lipinski definition) is 0. The standard InChI is InChI=1S/C14H17NO/c1-4-10(2)13-11(3)16-14(15-13)12-8-6-5-7-9-12/h5-10H,4H2,1-3H3. The summed E-state index contributed by atoms with van der Waals surface area (Å²) < 4.78 is 5.71. The van der Waals surface area contributed by atoms with Crippen molar-refractivity contribution in [3.63, 3.8) is 0 Å². The minimum atomic E-state index is 0.459. The van der Waals surface area contributed by atoms with Gasteiger partial charge < -0.3 is 4.42 Å². The van der Waals surface area contributed by atoms with E-state index in [2.05, 4.69) is 18.8 Å². The highest BCUT2D eigenvalue weighted by atomic mass is 16.4. The number of rotatable bonds is 3. The van der Waals surface area contributed by atoms with E-state index in [0.717, 1.165) is 29.3 Å². The molecule has 0 saturated heterocycles. The van der Waals surface area contributed by atoms with E-state index in [1.165, 1.54) is 0 Å². The lowest BCUT2D eigenvalue weighted by Gasteiger charge is -2.03. The van der Waals surface area contributed by atoms with Crippen LogP contribution in [0.15, 0.2) is 34.7 Å². The zero-order valence-corrected chi connectivity index (χ0v) is 10.0. The number of oxazole rings is 1. The van der Waals surface area contributed by atoms with E-state index in [1.807, 2.05) is 37.3 Å². The van der Waals surface area contributed by atoms with Crippen LogP contribution < -0.4 is 0 Å². The largest absolute Gasteiger partial charge is 0.441 e. The Bertz CT molecular complexity index is 459. The maximum Gasteiger partial charge on any atom is 0.226 e. The molecular formula is C14H17NO. The van der Waals surface area contributed by atoms with Gasteiger partial charge in [-0.15, -0.1) is 0 Å². The molecule has 0 aliphatic heterocycles. The molecule has 16 heavy (non-hydrogen) atoms.